The molecule has 4 rings (SSSR count). The van der Waals surface area contributed by atoms with E-state index in [-0.39, 0.29) is 0 Å². The van der Waals surface area contributed by atoms with Crippen molar-refractivity contribution in [3.05, 3.63) is 107 Å². The first-order chi connectivity index (χ1) is 16.0. The normalized spacial score (nSPS) is 11.4. The largest absolute Gasteiger partial charge is 0.416 e. The molecule has 4 aromatic rings. The van der Waals surface area contributed by atoms with Gasteiger partial charge in [-0.2, -0.15) is 22.5 Å². The molecule has 0 atom stereocenters. The molecule has 1 N–H and O–H groups in total. The lowest BCUT2D eigenvalue weighted by Crippen LogP contribution is -2.25. The van der Waals surface area contributed by atoms with Crippen molar-refractivity contribution < 1.29 is 13.2 Å². The molecule has 3 aromatic carbocycles. The minimum Gasteiger partial charge on any atom is -0.349 e. The van der Waals surface area contributed by atoms with Crippen molar-refractivity contribution in [1.29, 1.82) is 0 Å². The van der Waals surface area contributed by atoms with Crippen molar-refractivity contribution in [3.63, 3.8) is 0 Å². The van der Waals surface area contributed by atoms with Gasteiger partial charge in [0.05, 0.1) is 5.56 Å². The summed E-state index contributed by atoms with van der Waals surface area (Å²) in [6, 6.07) is 25.6. The Morgan fingerprint density at radius 1 is 0.788 bits per heavy atom. The van der Waals surface area contributed by atoms with Gasteiger partial charge in [-0.1, -0.05) is 72.8 Å². The Bertz CT molecular complexity index is 1130. The quantitative estimate of drug-likeness (QED) is 0.308. The smallest absolute Gasteiger partial charge is 0.349 e. The van der Waals surface area contributed by atoms with E-state index in [9.17, 15) is 13.2 Å². The van der Waals surface area contributed by atoms with Gasteiger partial charge in [0, 0.05) is 31.2 Å². The first-order valence-electron chi connectivity index (χ1n) is 10.5. The summed E-state index contributed by atoms with van der Waals surface area (Å²) >= 11 is 1.31. The van der Waals surface area contributed by atoms with Crippen LogP contribution in [0.15, 0.2) is 84.9 Å². The van der Waals surface area contributed by atoms with E-state index in [1.807, 2.05) is 36.4 Å². The number of hydrogen-bond acceptors (Lipinski definition) is 5. The minimum absolute atomic E-state index is 0.344. The molecule has 1 heterocycles. The molecule has 0 amide bonds. The number of nitrogens with zero attached hydrogens (tertiary/aromatic N) is 3. The molecule has 0 saturated heterocycles. The number of halogens is 3. The van der Waals surface area contributed by atoms with Crippen LogP contribution in [0.2, 0.25) is 0 Å². The molecule has 0 radical (unpaired) electrons. The average molecular weight is 469 g/mol. The number of nitrogens with one attached hydrogen (secondary N) is 1. The fourth-order valence-corrected chi connectivity index (χ4v) is 4.04. The highest BCUT2D eigenvalue weighted by Gasteiger charge is 2.29. The van der Waals surface area contributed by atoms with Crippen LogP contribution >= 0.6 is 11.5 Å². The Labute approximate surface area is 194 Å². The molecule has 8 heteroatoms. The number of anilines is 2. The summed E-state index contributed by atoms with van der Waals surface area (Å²) in [5.74, 6) is 0.465. The van der Waals surface area contributed by atoms with Crippen LogP contribution in [0.4, 0.5) is 24.3 Å². The predicted molar refractivity (Wildman–Crippen MR) is 126 cm³/mol. The monoisotopic (exact) mass is 468 g/mol. The lowest BCUT2D eigenvalue weighted by molar-refractivity contribution is -0.137. The molecule has 0 fully saturated rings. The second-order valence-electron chi connectivity index (χ2n) is 7.59. The van der Waals surface area contributed by atoms with Crippen LogP contribution in [0.25, 0.3) is 0 Å². The molecule has 4 nitrogen and oxygen atoms in total. The van der Waals surface area contributed by atoms with E-state index < -0.39 is 11.7 Å². The van der Waals surface area contributed by atoms with Crippen LogP contribution in [-0.2, 0) is 25.7 Å². The van der Waals surface area contributed by atoms with Gasteiger partial charge in [0.2, 0.25) is 11.1 Å². The van der Waals surface area contributed by atoms with Gasteiger partial charge in [-0.05, 0) is 35.2 Å². The van der Waals surface area contributed by atoms with Crippen molar-refractivity contribution in [1.82, 2.24) is 9.36 Å². The van der Waals surface area contributed by atoms with E-state index >= 15 is 0 Å². The summed E-state index contributed by atoms with van der Waals surface area (Å²) < 4.78 is 42.6. The topological polar surface area (TPSA) is 41.1 Å². The lowest BCUT2D eigenvalue weighted by Gasteiger charge is -2.21. The lowest BCUT2D eigenvalue weighted by atomic mass is 10.1. The predicted octanol–water partition coefficient (Wildman–Crippen LogP) is 6.42. The maximum Gasteiger partial charge on any atom is 0.416 e. The number of benzene rings is 3. The first-order valence-corrected chi connectivity index (χ1v) is 11.3. The minimum atomic E-state index is -4.33. The SMILES string of the molecule is FC(F)(F)c1ccc(CNc2nsc(N(CCc3ccccc3)Cc3ccccc3)n2)cc1. The highest BCUT2D eigenvalue weighted by Crippen LogP contribution is 2.29. The van der Waals surface area contributed by atoms with Gasteiger partial charge in [0.25, 0.3) is 0 Å². The van der Waals surface area contributed by atoms with Crippen LogP contribution < -0.4 is 10.2 Å². The van der Waals surface area contributed by atoms with Gasteiger partial charge in [-0.3, -0.25) is 0 Å². The summed E-state index contributed by atoms with van der Waals surface area (Å²) in [7, 11) is 0. The second-order valence-corrected chi connectivity index (χ2v) is 8.32. The third kappa shape index (κ3) is 6.55. The van der Waals surface area contributed by atoms with E-state index in [0.717, 1.165) is 35.8 Å². The highest BCUT2D eigenvalue weighted by atomic mass is 32.1. The van der Waals surface area contributed by atoms with Crippen LogP contribution in [0.1, 0.15) is 22.3 Å². The zero-order chi connectivity index (χ0) is 23.1. The molecule has 1 aromatic heterocycles. The Hall–Kier alpha value is -3.39. The van der Waals surface area contributed by atoms with Crippen molar-refractivity contribution >= 4 is 22.6 Å². The van der Waals surface area contributed by atoms with Crippen molar-refractivity contribution in [2.75, 3.05) is 16.8 Å². The van der Waals surface area contributed by atoms with E-state index in [1.165, 1.54) is 34.8 Å². The summed E-state index contributed by atoms with van der Waals surface area (Å²) in [6.07, 6.45) is -3.46. The van der Waals surface area contributed by atoms with Crippen molar-refractivity contribution in [2.45, 2.75) is 25.7 Å². The standard InChI is InChI=1S/C25H23F3N4S/c26-25(27,28)22-13-11-20(12-14-22)17-29-23-30-24(33-31-23)32(18-21-9-5-2-6-10-21)16-15-19-7-3-1-4-8-19/h1-14H,15-18H2,(H,29,31). The van der Waals surface area contributed by atoms with Gasteiger partial charge >= 0.3 is 6.18 Å². The molecule has 33 heavy (non-hydrogen) atoms. The summed E-state index contributed by atoms with van der Waals surface area (Å²) in [5, 5.41) is 3.91. The zero-order valence-corrected chi connectivity index (χ0v) is 18.6. The maximum absolute atomic E-state index is 12.7. The Morgan fingerprint density at radius 2 is 1.42 bits per heavy atom. The zero-order valence-electron chi connectivity index (χ0n) is 17.8. The van der Waals surface area contributed by atoms with Crippen LogP contribution in [-0.4, -0.2) is 15.9 Å². The van der Waals surface area contributed by atoms with Crippen molar-refractivity contribution in [2.24, 2.45) is 0 Å². The number of hydrogen-bond donors (Lipinski definition) is 1. The second kappa shape index (κ2) is 10.5. The average Bonchev–Trinajstić information content (AvgIpc) is 3.30. The summed E-state index contributed by atoms with van der Waals surface area (Å²) in [6.45, 7) is 1.84. The summed E-state index contributed by atoms with van der Waals surface area (Å²) in [4.78, 5) is 6.83. The van der Waals surface area contributed by atoms with E-state index in [0.29, 0.717) is 19.0 Å². The molecular weight excluding hydrogens is 445 g/mol. The molecule has 0 aliphatic heterocycles. The molecule has 0 unspecified atom stereocenters. The van der Waals surface area contributed by atoms with E-state index in [2.05, 4.69) is 43.8 Å². The number of alkyl halides is 3. The molecule has 0 saturated carbocycles. The Kier molecular flexibility index (Phi) is 7.24. The molecule has 0 bridgehead atoms. The molecule has 170 valence electrons. The number of aromatic nitrogens is 2. The molecule has 0 aliphatic carbocycles. The van der Waals surface area contributed by atoms with Gasteiger partial charge in [-0.15, -0.1) is 0 Å². The third-order valence-electron chi connectivity index (χ3n) is 5.15. The van der Waals surface area contributed by atoms with Crippen LogP contribution in [0, 0.1) is 0 Å². The van der Waals surface area contributed by atoms with Gasteiger partial charge < -0.3 is 10.2 Å². The molecule has 0 spiro atoms. The first kappa shape index (κ1) is 22.8. The number of rotatable bonds is 9. The molecular formula is C25H23F3N4S. The van der Waals surface area contributed by atoms with E-state index in [4.69, 9.17) is 0 Å². The Balaban J connectivity index is 1.42. The van der Waals surface area contributed by atoms with Crippen LogP contribution in [0.3, 0.4) is 0 Å². The molecule has 0 aliphatic rings. The van der Waals surface area contributed by atoms with E-state index in [1.54, 1.807) is 0 Å². The maximum atomic E-state index is 12.7. The third-order valence-corrected chi connectivity index (χ3v) is 5.92. The van der Waals surface area contributed by atoms with Gasteiger partial charge in [0.1, 0.15) is 0 Å². The fourth-order valence-electron chi connectivity index (χ4n) is 3.36. The highest BCUT2D eigenvalue weighted by molar-refractivity contribution is 7.09. The van der Waals surface area contributed by atoms with Gasteiger partial charge in [0.15, 0.2) is 0 Å². The van der Waals surface area contributed by atoms with Crippen molar-refractivity contribution in [3.8, 4) is 0 Å². The Morgan fingerprint density at radius 3 is 2.06 bits per heavy atom. The fraction of sp³-hybridized carbons (Fsp3) is 0.200. The van der Waals surface area contributed by atoms with Gasteiger partial charge in [-0.25, -0.2) is 0 Å². The van der Waals surface area contributed by atoms with Crippen LogP contribution in [0.5, 0.6) is 0 Å². The summed E-state index contributed by atoms with van der Waals surface area (Å²) in [5.41, 5.74) is 2.50.